The summed E-state index contributed by atoms with van der Waals surface area (Å²) in [6.45, 7) is 4.45. The number of anilines is 1. The van der Waals surface area contributed by atoms with Crippen molar-refractivity contribution >= 4 is 35.7 Å². The minimum absolute atomic E-state index is 0.0389. The number of imidazole rings is 1. The lowest BCUT2D eigenvalue weighted by Crippen LogP contribution is -2.40. The van der Waals surface area contributed by atoms with Crippen LogP contribution in [-0.2, 0) is 19.8 Å². The molecule has 0 aromatic carbocycles. The molecule has 3 heterocycles. The highest BCUT2D eigenvalue weighted by Gasteiger charge is 2.55. The third kappa shape index (κ3) is 3.24. The minimum Gasteiger partial charge on any atom is -0.385 e. The Bertz CT molecular complexity index is 860. The van der Waals surface area contributed by atoms with Gasteiger partial charge >= 0.3 is 0 Å². The summed E-state index contributed by atoms with van der Waals surface area (Å²) in [6.07, 6.45) is -3.61. The lowest BCUT2D eigenvalue weighted by atomic mass is 10.1. The fraction of sp³-hybridized carbons (Fsp3) is 0.615. The zero-order valence-electron chi connectivity index (χ0n) is 13.8. The van der Waals surface area contributed by atoms with Crippen molar-refractivity contribution in [2.75, 3.05) is 25.4 Å². The summed E-state index contributed by atoms with van der Waals surface area (Å²) < 4.78 is 38.8. The minimum atomic E-state index is -2.53. The van der Waals surface area contributed by atoms with Gasteiger partial charge in [-0.05, 0) is 31.9 Å². The summed E-state index contributed by atoms with van der Waals surface area (Å²) in [5.74, 6) is 0.0389. The molecule has 25 heavy (non-hydrogen) atoms. The third-order valence-electron chi connectivity index (χ3n) is 3.87. The fourth-order valence-corrected chi connectivity index (χ4v) is 3.30. The van der Waals surface area contributed by atoms with Gasteiger partial charge in [-0.1, -0.05) is 0 Å². The Morgan fingerprint density at radius 2 is 2.24 bits per heavy atom. The molecular formula is C13H18ClFN5O4P. The molecular weight excluding hydrogens is 376 g/mol. The predicted molar refractivity (Wildman–Crippen MR) is 89.6 cm³/mol. The monoisotopic (exact) mass is 393 g/mol. The number of hydrogen-bond acceptors (Lipinski definition) is 8. The highest BCUT2D eigenvalue weighted by atomic mass is 35.5. The van der Waals surface area contributed by atoms with Crippen molar-refractivity contribution in [1.29, 1.82) is 0 Å². The van der Waals surface area contributed by atoms with Crippen LogP contribution in [0.15, 0.2) is 6.33 Å². The quantitative estimate of drug-likeness (QED) is 0.589. The summed E-state index contributed by atoms with van der Waals surface area (Å²) in [6, 6.07) is 0. The first-order valence-electron chi connectivity index (χ1n) is 7.35. The molecule has 1 saturated heterocycles. The fourth-order valence-electron chi connectivity index (χ4n) is 2.62. The van der Waals surface area contributed by atoms with Crippen LogP contribution in [-0.4, -0.2) is 62.9 Å². The molecule has 3 rings (SSSR count). The molecule has 2 aromatic rings. The van der Waals surface area contributed by atoms with Crippen molar-refractivity contribution in [3.05, 3.63) is 11.6 Å². The molecule has 0 unspecified atom stereocenters. The number of hydrogen-bond donors (Lipinski definition) is 2. The van der Waals surface area contributed by atoms with Crippen LogP contribution in [0.1, 0.15) is 6.92 Å². The van der Waals surface area contributed by atoms with E-state index in [9.17, 15) is 14.1 Å². The molecule has 4 atom stereocenters. The Hall–Kier alpha value is -1.32. The number of aliphatic hydroxyl groups excluding tert-OH is 1. The number of halogens is 2. The first-order chi connectivity index (χ1) is 11.5. The van der Waals surface area contributed by atoms with E-state index >= 15 is 0 Å². The van der Waals surface area contributed by atoms with Gasteiger partial charge in [0, 0.05) is 0 Å². The summed E-state index contributed by atoms with van der Waals surface area (Å²) in [7, 11) is -2.53. The van der Waals surface area contributed by atoms with Gasteiger partial charge in [0.25, 0.3) is 0 Å². The van der Waals surface area contributed by atoms with Crippen molar-refractivity contribution in [2.24, 2.45) is 0 Å². The maximum absolute atomic E-state index is 14.8. The zero-order chi connectivity index (χ0) is 18.6. The van der Waals surface area contributed by atoms with Crippen LogP contribution in [0.25, 0.3) is 11.2 Å². The summed E-state index contributed by atoms with van der Waals surface area (Å²) in [4.78, 5) is 11.9. The van der Waals surface area contributed by atoms with Gasteiger partial charge in [-0.25, -0.2) is 9.37 Å². The smallest absolute Gasteiger partial charge is 0.226 e. The predicted octanol–water partition coefficient (Wildman–Crippen LogP) is 1.39. The van der Waals surface area contributed by atoms with E-state index in [2.05, 4.69) is 15.0 Å². The molecule has 1 fully saturated rings. The number of aromatic nitrogens is 4. The molecule has 0 amide bonds. The van der Waals surface area contributed by atoms with Crippen molar-refractivity contribution < 1.29 is 23.5 Å². The van der Waals surface area contributed by atoms with E-state index in [-0.39, 0.29) is 28.6 Å². The van der Waals surface area contributed by atoms with Gasteiger partial charge < -0.3 is 24.9 Å². The maximum Gasteiger partial charge on any atom is 0.226 e. The first kappa shape index (κ1) is 18.5. The van der Waals surface area contributed by atoms with Crippen molar-refractivity contribution in [2.45, 2.75) is 31.2 Å². The molecule has 0 spiro atoms. The van der Waals surface area contributed by atoms with E-state index in [0.717, 1.165) is 0 Å². The van der Waals surface area contributed by atoms with Gasteiger partial charge in [0.2, 0.25) is 5.28 Å². The number of nitrogen functional groups attached to an aromatic ring is 1. The Morgan fingerprint density at radius 1 is 1.56 bits per heavy atom. The van der Waals surface area contributed by atoms with Crippen LogP contribution in [0.4, 0.5) is 10.2 Å². The molecule has 0 saturated carbocycles. The molecule has 0 aliphatic carbocycles. The van der Waals surface area contributed by atoms with Crippen LogP contribution in [0.3, 0.4) is 0 Å². The molecule has 1 aliphatic rings. The second-order valence-electron chi connectivity index (χ2n) is 6.47. The normalized spacial score (nSPS) is 30.2. The zero-order valence-corrected chi connectivity index (χ0v) is 15.4. The van der Waals surface area contributed by atoms with Gasteiger partial charge in [-0.15, -0.1) is 0 Å². The SMILES string of the molecule is C[C@@]1(n2cnc3c(N)nc(Cl)nc32)O[C@H](OCP(C)(C)=O)[C@@H](O)[C@@H]1F. The number of alkyl halides is 1. The van der Waals surface area contributed by atoms with Gasteiger partial charge in [0.1, 0.15) is 25.1 Å². The highest BCUT2D eigenvalue weighted by molar-refractivity contribution is 7.62. The van der Waals surface area contributed by atoms with Crippen LogP contribution < -0.4 is 5.73 Å². The maximum atomic E-state index is 14.8. The second-order valence-corrected chi connectivity index (χ2v) is 10.2. The van der Waals surface area contributed by atoms with Crippen molar-refractivity contribution in [3.63, 3.8) is 0 Å². The number of nitrogens with zero attached hydrogens (tertiary/aromatic N) is 4. The van der Waals surface area contributed by atoms with E-state index in [1.807, 2.05) is 0 Å². The Morgan fingerprint density at radius 3 is 2.88 bits per heavy atom. The summed E-state index contributed by atoms with van der Waals surface area (Å²) in [5.41, 5.74) is 4.46. The standard InChI is InChI=1S/C13H18ClFN5O4P/c1-13(8(15)7(21)11(24-13)23-5-25(2,3)22)20-4-17-6-9(16)18-12(14)19-10(6)20/h4,7-8,11,21H,5H2,1-3H3,(H2,16,18,19)/t7-,8-,11-,13+/m0/s1. The average Bonchev–Trinajstić information content (AvgIpc) is 3.01. The number of fused-ring (bicyclic) bond motifs is 1. The number of nitrogens with two attached hydrogens (primary N) is 1. The number of aliphatic hydroxyl groups is 1. The first-order valence-corrected chi connectivity index (χ1v) is 10.5. The van der Waals surface area contributed by atoms with E-state index in [0.29, 0.717) is 0 Å². The lowest BCUT2D eigenvalue weighted by molar-refractivity contribution is -0.201. The molecule has 12 heteroatoms. The van der Waals surface area contributed by atoms with Gasteiger partial charge in [0.05, 0.1) is 6.33 Å². The molecule has 0 bridgehead atoms. The molecule has 0 radical (unpaired) electrons. The van der Waals surface area contributed by atoms with Crippen LogP contribution in [0, 0.1) is 0 Å². The van der Waals surface area contributed by atoms with Crippen molar-refractivity contribution in [3.8, 4) is 0 Å². The number of ether oxygens (including phenoxy) is 2. The van der Waals surface area contributed by atoms with E-state index in [1.54, 1.807) is 0 Å². The summed E-state index contributed by atoms with van der Waals surface area (Å²) >= 11 is 5.82. The Balaban J connectivity index is 1.98. The molecule has 138 valence electrons. The number of rotatable bonds is 4. The van der Waals surface area contributed by atoms with Crippen LogP contribution in [0.2, 0.25) is 5.28 Å². The van der Waals surface area contributed by atoms with Gasteiger partial charge in [-0.3, -0.25) is 4.57 Å². The van der Waals surface area contributed by atoms with Gasteiger partial charge in [0.15, 0.2) is 29.7 Å². The van der Waals surface area contributed by atoms with Crippen molar-refractivity contribution in [1.82, 2.24) is 19.5 Å². The molecule has 3 N–H and O–H groups in total. The third-order valence-corrected chi connectivity index (χ3v) is 4.81. The molecule has 1 aliphatic heterocycles. The second kappa shape index (κ2) is 6.14. The lowest BCUT2D eigenvalue weighted by Gasteiger charge is -2.28. The average molecular weight is 394 g/mol. The Kier molecular flexibility index (Phi) is 4.53. The van der Waals surface area contributed by atoms with E-state index in [4.69, 9.17) is 26.8 Å². The van der Waals surface area contributed by atoms with Gasteiger partial charge in [-0.2, -0.15) is 9.97 Å². The molecule has 2 aromatic heterocycles. The van der Waals surface area contributed by atoms with Crippen LogP contribution >= 0.6 is 18.7 Å². The van der Waals surface area contributed by atoms with Crippen LogP contribution in [0.5, 0.6) is 0 Å². The topological polar surface area (TPSA) is 125 Å². The largest absolute Gasteiger partial charge is 0.385 e. The summed E-state index contributed by atoms with van der Waals surface area (Å²) in [5, 5.41) is 10.0. The van der Waals surface area contributed by atoms with E-state index < -0.39 is 31.4 Å². The Labute approximate surface area is 147 Å². The molecule has 9 nitrogen and oxygen atoms in total. The highest BCUT2D eigenvalue weighted by Crippen LogP contribution is 2.42. The van der Waals surface area contributed by atoms with E-state index in [1.165, 1.54) is 31.1 Å².